The van der Waals surface area contributed by atoms with Gasteiger partial charge in [0.05, 0.1) is 23.9 Å². The standard InChI is InChI=1S/C25H23F2N3O4/c1-24(2,32)14-33-15-7-8-16-19(11-15)30-10-9-21(16)34-20-6-4-3-5-17(20)22-18(26)12-29-13-25(22,27)23(28)31/h3-12,32H,13-14H2,1-2H3,(H2,28,31). The van der Waals surface area contributed by atoms with Crippen LogP contribution in [0.25, 0.3) is 16.5 Å². The average Bonchev–Trinajstić information content (AvgIpc) is 2.78. The molecule has 7 nitrogen and oxygen atoms in total. The number of ether oxygens (including phenoxy) is 2. The minimum absolute atomic E-state index is 0.0440. The number of para-hydroxylation sites is 1. The Morgan fingerprint density at radius 2 is 1.97 bits per heavy atom. The van der Waals surface area contributed by atoms with E-state index in [2.05, 4.69) is 9.98 Å². The van der Waals surface area contributed by atoms with E-state index in [1.54, 1.807) is 50.2 Å². The summed E-state index contributed by atoms with van der Waals surface area (Å²) in [6.07, 6.45) is 2.39. The molecule has 0 aliphatic carbocycles. The van der Waals surface area contributed by atoms with E-state index in [1.165, 1.54) is 18.3 Å². The summed E-state index contributed by atoms with van der Waals surface area (Å²) in [7, 11) is 0. The van der Waals surface area contributed by atoms with Gasteiger partial charge in [-0.25, -0.2) is 8.78 Å². The van der Waals surface area contributed by atoms with Crippen LogP contribution in [0.3, 0.4) is 0 Å². The van der Waals surface area contributed by atoms with Gasteiger partial charge in [0, 0.05) is 28.8 Å². The molecule has 1 aliphatic heterocycles. The summed E-state index contributed by atoms with van der Waals surface area (Å²) >= 11 is 0. The van der Waals surface area contributed by atoms with Crippen molar-refractivity contribution in [1.29, 1.82) is 0 Å². The molecule has 0 saturated carbocycles. The quantitative estimate of drug-likeness (QED) is 0.543. The van der Waals surface area contributed by atoms with Gasteiger partial charge in [-0.1, -0.05) is 18.2 Å². The molecular weight excluding hydrogens is 444 g/mol. The summed E-state index contributed by atoms with van der Waals surface area (Å²) in [6.45, 7) is 2.74. The van der Waals surface area contributed by atoms with E-state index in [9.17, 15) is 14.3 Å². The molecule has 1 amide bonds. The number of amides is 1. The zero-order chi connectivity index (χ0) is 24.5. The van der Waals surface area contributed by atoms with Crippen molar-refractivity contribution < 1.29 is 28.2 Å². The Hall–Kier alpha value is -3.85. The third-order valence-corrected chi connectivity index (χ3v) is 5.18. The van der Waals surface area contributed by atoms with Gasteiger partial charge in [-0.15, -0.1) is 0 Å². The zero-order valence-corrected chi connectivity index (χ0v) is 18.6. The molecule has 3 N–H and O–H groups in total. The highest BCUT2D eigenvalue weighted by Gasteiger charge is 2.46. The van der Waals surface area contributed by atoms with Crippen LogP contribution >= 0.6 is 0 Å². The number of nitrogens with zero attached hydrogens (tertiary/aromatic N) is 2. The summed E-state index contributed by atoms with van der Waals surface area (Å²) in [5.41, 5.74) is 1.53. The molecule has 0 fully saturated rings. The third-order valence-electron chi connectivity index (χ3n) is 5.18. The number of aliphatic hydroxyl groups is 1. The maximum Gasteiger partial charge on any atom is 0.261 e. The van der Waals surface area contributed by atoms with Crippen molar-refractivity contribution in [2.45, 2.75) is 25.1 Å². The highest BCUT2D eigenvalue weighted by molar-refractivity contribution is 6.06. The number of aromatic nitrogens is 1. The molecule has 4 rings (SSSR count). The second-order valence-electron chi connectivity index (χ2n) is 8.55. The number of pyridine rings is 1. The van der Waals surface area contributed by atoms with Gasteiger partial charge >= 0.3 is 0 Å². The molecular formula is C25H23F2N3O4. The largest absolute Gasteiger partial charge is 0.491 e. The molecule has 1 unspecified atom stereocenters. The van der Waals surface area contributed by atoms with Crippen molar-refractivity contribution in [1.82, 2.24) is 4.98 Å². The SMILES string of the molecule is CC(C)(O)COc1ccc2c(Oc3ccccc3C3=C(F)C=NCC3(F)C(N)=O)ccnc2c1. The number of fused-ring (bicyclic) bond motifs is 1. The fraction of sp³-hybridized carbons (Fsp3) is 0.240. The smallest absolute Gasteiger partial charge is 0.261 e. The Morgan fingerprint density at radius 1 is 1.21 bits per heavy atom. The summed E-state index contributed by atoms with van der Waals surface area (Å²) < 4.78 is 41.9. The normalized spacial score (nSPS) is 18.3. The summed E-state index contributed by atoms with van der Waals surface area (Å²) in [6, 6.07) is 12.9. The highest BCUT2D eigenvalue weighted by Crippen LogP contribution is 2.42. The number of rotatable bonds is 7. The topological polar surface area (TPSA) is 107 Å². The zero-order valence-electron chi connectivity index (χ0n) is 18.6. The van der Waals surface area contributed by atoms with E-state index in [-0.39, 0.29) is 17.9 Å². The minimum atomic E-state index is -2.81. The lowest BCUT2D eigenvalue weighted by molar-refractivity contribution is -0.125. The number of carbonyl (C=O) groups is 1. The van der Waals surface area contributed by atoms with Gasteiger partial charge < -0.3 is 20.3 Å². The van der Waals surface area contributed by atoms with Crippen LogP contribution in [0.5, 0.6) is 17.2 Å². The molecule has 1 atom stereocenters. The van der Waals surface area contributed by atoms with Crippen LogP contribution in [0.15, 0.2) is 65.5 Å². The summed E-state index contributed by atoms with van der Waals surface area (Å²) in [5, 5.41) is 10.5. The number of aliphatic imine (C=N–C) groups is 1. The van der Waals surface area contributed by atoms with Crippen LogP contribution in [-0.2, 0) is 4.79 Å². The molecule has 0 radical (unpaired) electrons. The van der Waals surface area contributed by atoms with Crippen LogP contribution < -0.4 is 15.2 Å². The number of benzene rings is 2. The van der Waals surface area contributed by atoms with Crippen LogP contribution in [0.4, 0.5) is 8.78 Å². The van der Waals surface area contributed by atoms with Crippen molar-refractivity contribution in [2.24, 2.45) is 10.7 Å². The second-order valence-corrected chi connectivity index (χ2v) is 8.55. The van der Waals surface area contributed by atoms with Crippen molar-refractivity contribution in [2.75, 3.05) is 13.2 Å². The van der Waals surface area contributed by atoms with Crippen LogP contribution in [0.1, 0.15) is 19.4 Å². The van der Waals surface area contributed by atoms with E-state index >= 15 is 4.39 Å². The van der Waals surface area contributed by atoms with Crippen LogP contribution in [0.2, 0.25) is 0 Å². The highest BCUT2D eigenvalue weighted by atomic mass is 19.1. The number of dihydropyridines is 1. The molecule has 0 bridgehead atoms. The van der Waals surface area contributed by atoms with Gasteiger partial charge in [-0.3, -0.25) is 14.8 Å². The Labute approximate surface area is 194 Å². The molecule has 3 aromatic rings. The molecule has 1 aliphatic rings. The van der Waals surface area contributed by atoms with Crippen LogP contribution in [0, 0.1) is 0 Å². The van der Waals surface area contributed by atoms with E-state index in [0.29, 0.717) is 22.4 Å². The van der Waals surface area contributed by atoms with Gasteiger partial charge in [0.25, 0.3) is 5.91 Å². The van der Waals surface area contributed by atoms with E-state index in [0.717, 1.165) is 6.21 Å². The molecule has 34 heavy (non-hydrogen) atoms. The first kappa shape index (κ1) is 23.3. The molecule has 1 aromatic heterocycles. The predicted octanol–water partition coefficient (Wildman–Crippen LogP) is 4.14. The van der Waals surface area contributed by atoms with Crippen molar-refractivity contribution in [3.05, 3.63) is 66.1 Å². The number of primary amides is 1. The molecule has 2 heterocycles. The fourth-order valence-corrected chi connectivity index (χ4v) is 3.55. The van der Waals surface area contributed by atoms with E-state index < -0.39 is 35.1 Å². The van der Waals surface area contributed by atoms with Crippen molar-refractivity contribution in [3.63, 3.8) is 0 Å². The second kappa shape index (κ2) is 8.83. The number of carbonyl (C=O) groups excluding carboxylic acids is 1. The summed E-state index contributed by atoms with van der Waals surface area (Å²) in [4.78, 5) is 19.8. The first-order chi connectivity index (χ1) is 16.1. The molecule has 0 saturated heterocycles. The lowest BCUT2D eigenvalue weighted by Gasteiger charge is -2.27. The van der Waals surface area contributed by atoms with Gasteiger partial charge in [-0.2, -0.15) is 0 Å². The van der Waals surface area contributed by atoms with Gasteiger partial charge in [-0.05, 0) is 38.1 Å². The number of alkyl halides is 1. The lowest BCUT2D eigenvalue weighted by Crippen LogP contribution is -2.45. The Morgan fingerprint density at radius 3 is 2.71 bits per heavy atom. The molecule has 0 spiro atoms. The van der Waals surface area contributed by atoms with E-state index in [1.807, 2.05) is 0 Å². The number of halogens is 2. The number of hydrogen-bond donors (Lipinski definition) is 2. The Kier molecular flexibility index (Phi) is 6.05. The summed E-state index contributed by atoms with van der Waals surface area (Å²) in [5.74, 6) is -1.33. The van der Waals surface area contributed by atoms with Gasteiger partial charge in [0.2, 0.25) is 5.67 Å². The maximum atomic E-state index is 15.5. The molecule has 176 valence electrons. The third kappa shape index (κ3) is 4.60. The lowest BCUT2D eigenvalue weighted by atomic mass is 9.86. The Balaban J connectivity index is 1.73. The Bertz CT molecular complexity index is 1320. The fourth-order valence-electron chi connectivity index (χ4n) is 3.55. The maximum absolute atomic E-state index is 15.5. The van der Waals surface area contributed by atoms with E-state index in [4.69, 9.17) is 15.2 Å². The van der Waals surface area contributed by atoms with Crippen molar-refractivity contribution >= 4 is 28.6 Å². The molecule has 2 aromatic carbocycles. The molecule has 9 heteroatoms. The van der Waals surface area contributed by atoms with Gasteiger partial charge in [0.1, 0.15) is 29.7 Å². The first-order valence-corrected chi connectivity index (χ1v) is 10.5. The van der Waals surface area contributed by atoms with Crippen molar-refractivity contribution in [3.8, 4) is 17.2 Å². The van der Waals surface area contributed by atoms with Gasteiger partial charge in [0.15, 0.2) is 0 Å². The number of hydrogen-bond acceptors (Lipinski definition) is 6. The monoisotopic (exact) mass is 467 g/mol. The number of allylic oxidation sites excluding steroid dienone is 1. The number of nitrogens with two attached hydrogens (primary N) is 1. The van der Waals surface area contributed by atoms with Crippen LogP contribution in [-0.4, -0.2) is 46.6 Å². The minimum Gasteiger partial charge on any atom is -0.491 e. The first-order valence-electron chi connectivity index (χ1n) is 10.5. The average molecular weight is 467 g/mol. The predicted molar refractivity (Wildman–Crippen MR) is 124 cm³/mol.